The molecule has 0 aromatic carbocycles. The molecule has 1 aliphatic heterocycles. The van der Waals surface area contributed by atoms with E-state index in [1.165, 1.54) is 10.9 Å². The van der Waals surface area contributed by atoms with Gasteiger partial charge in [0.05, 0.1) is 6.61 Å². The van der Waals surface area contributed by atoms with Crippen molar-refractivity contribution in [2.45, 2.75) is 31.5 Å². The molecule has 10 heteroatoms. The highest BCUT2D eigenvalue weighted by molar-refractivity contribution is 5.84. The molecule has 0 aliphatic carbocycles. The quantitative estimate of drug-likeness (QED) is 0.452. The lowest BCUT2D eigenvalue weighted by atomic mass is 10.1. The number of imidazole rings is 1. The molecule has 3 rings (SSSR count). The van der Waals surface area contributed by atoms with Gasteiger partial charge in [-0.3, -0.25) is 4.57 Å². The van der Waals surface area contributed by atoms with Gasteiger partial charge in [-0.05, 0) is 6.92 Å². The Morgan fingerprint density at radius 2 is 2.14 bits per heavy atom. The largest absolute Gasteiger partial charge is 0.394 e. The van der Waals surface area contributed by atoms with Crippen LogP contribution in [0.4, 0.5) is 11.8 Å². The molecule has 0 bridgehead atoms. The molecule has 1 aliphatic rings. The third-order valence-corrected chi connectivity index (χ3v) is 3.61. The van der Waals surface area contributed by atoms with E-state index < -0.39 is 31.1 Å². The van der Waals surface area contributed by atoms with E-state index >= 15 is 0 Å². The number of aliphatic hydroxyl groups is 3. The molecule has 2 aromatic heterocycles. The van der Waals surface area contributed by atoms with Crippen LogP contribution in [0.25, 0.3) is 11.2 Å². The van der Waals surface area contributed by atoms with Crippen LogP contribution in [-0.2, 0) is 4.74 Å². The minimum Gasteiger partial charge on any atom is -0.394 e. The maximum Gasteiger partial charge on any atom is 0.207 e. The molecule has 10 nitrogen and oxygen atoms in total. The molecule has 0 unspecified atom stereocenters. The van der Waals surface area contributed by atoms with Gasteiger partial charge in [0.25, 0.3) is 0 Å². The highest BCUT2D eigenvalue weighted by Gasteiger charge is 2.45. The topological polar surface area (TPSA) is 152 Å². The first-order chi connectivity index (χ1) is 10.6. The monoisotopic (exact) mass is 310 g/mol. The lowest BCUT2D eigenvalue weighted by Gasteiger charge is -2.19. The maximum absolute atomic E-state index is 10.2. The summed E-state index contributed by atoms with van der Waals surface area (Å²) in [6.07, 6.45) is -2.98. The van der Waals surface area contributed by atoms with Crippen molar-refractivity contribution < 1.29 is 20.1 Å². The van der Waals surface area contributed by atoms with Crippen molar-refractivity contribution in [1.29, 1.82) is 0 Å². The van der Waals surface area contributed by atoms with Crippen LogP contribution in [-0.4, -0.2) is 66.3 Å². The Balaban J connectivity index is 2.13. The van der Waals surface area contributed by atoms with E-state index in [-0.39, 0.29) is 5.82 Å². The first-order valence-corrected chi connectivity index (χ1v) is 6.93. The van der Waals surface area contributed by atoms with Crippen molar-refractivity contribution in [3.05, 3.63) is 6.33 Å². The van der Waals surface area contributed by atoms with Gasteiger partial charge in [0.1, 0.15) is 24.6 Å². The summed E-state index contributed by atoms with van der Waals surface area (Å²) < 4.78 is 7.06. The fourth-order valence-electron chi connectivity index (χ4n) is 2.54. The first kappa shape index (κ1) is 14.9. The van der Waals surface area contributed by atoms with E-state index in [0.717, 1.165) is 0 Å². The van der Waals surface area contributed by atoms with Crippen LogP contribution < -0.4 is 11.1 Å². The molecule has 0 spiro atoms. The lowest BCUT2D eigenvalue weighted by Crippen LogP contribution is -2.33. The highest BCUT2D eigenvalue weighted by atomic mass is 16.6. The molecule has 3 heterocycles. The summed E-state index contributed by atoms with van der Waals surface area (Å²) in [6.45, 7) is 2.05. The normalized spacial score (nSPS) is 28.4. The molecular formula is C12H18N6O4. The molecule has 6 N–H and O–H groups in total. The van der Waals surface area contributed by atoms with E-state index in [4.69, 9.17) is 10.5 Å². The van der Waals surface area contributed by atoms with Crippen LogP contribution >= 0.6 is 0 Å². The number of hydrogen-bond acceptors (Lipinski definition) is 9. The van der Waals surface area contributed by atoms with Gasteiger partial charge in [0.15, 0.2) is 23.2 Å². The summed E-state index contributed by atoms with van der Waals surface area (Å²) in [5.41, 5.74) is 6.55. The number of aromatic nitrogens is 4. The number of nitrogen functional groups attached to an aromatic ring is 1. The number of hydrogen-bond donors (Lipinski definition) is 5. The maximum atomic E-state index is 10.2. The van der Waals surface area contributed by atoms with E-state index in [9.17, 15) is 15.3 Å². The van der Waals surface area contributed by atoms with Gasteiger partial charge < -0.3 is 31.1 Å². The number of nitrogens with two attached hydrogens (primary N) is 1. The van der Waals surface area contributed by atoms with Crippen molar-refractivity contribution in [3.8, 4) is 0 Å². The van der Waals surface area contributed by atoms with Crippen LogP contribution in [0, 0.1) is 0 Å². The molecule has 1 saturated heterocycles. The second-order valence-corrected chi connectivity index (χ2v) is 5.00. The SMILES string of the molecule is CCNc1nc2c(N)ncnc2n1[C@@H]1O[C@H](CO)[C@@H](O)[C@@H]1O. The van der Waals surface area contributed by atoms with E-state index in [0.29, 0.717) is 23.7 Å². The summed E-state index contributed by atoms with van der Waals surface area (Å²) >= 11 is 0. The fourth-order valence-corrected chi connectivity index (χ4v) is 2.54. The molecule has 2 aromatic rings. The number of ether oxygens (including phenoxy) is 1. The van der Waals surface area contributed by atoms with Crippen LogP contribution in [0.1, 0.15) is 13.2 Å². The lowest BCUT2D eigenvalue weighted by molar-refractivity contribution is -0.0501. The second kappa shape index (κ2) is 5.65. The van der Waals surface area contributed by atoms with Gasteiger partial charge in [-0.15, -0.1) is 0 Å². The van der Waals surface area contributed by atoms with Crippen LogP contribution in [0.15, 0.2) is 6.33 Å². The van der Waals surface area contributed by atoms with E-state index in [2.05, 4.69) is 20.3 Å². The van der Waals surface area contributed by atoms with Gasteiger partial charge in [-0.2, -0.15) is 0 Å². The standard InChI is InChI=1S/C12H18N6O4/c1-2-14-12-17-6-9(13)15-4-16-10(6)18(12)11-8(21)7(20)5(3-19)22-11/h4-5,7-8,11,19-21H,2-3H2,1H3,(H,14,17)(H2,13,15,16)/t5-,7-,8+,11-/m1/s1. The number of nitrogens with one attached hydrogen (secondary N) is 1. The third-order valence-electron chi connectivity index (χ3n) is 3.61. The van der Waals surface area contributed by atoms with Gasteiger partial charge in [0, 0.05) is 6.54 Å². The Labute approximate surface area is 125 Å². The van der Waals surface area contributed by atoms with Crippen molar-refractivity contribution in [3.63, 3.8) is 0 Å². The van der Waals surface area contributed by atoms with Crippen LogP contribution in [0.5, 0.6) is 0 Å². The zero-order valence-electron chi connectivity index (χ0n) is 11.9. The molecule has 120 valence electrons. The minimum atomic E-state index is -1.23. The number of anilines is 2. The number of rotatable bonds is 4. The minimum absolute atomic E-state index is 0.203. The number of aliphatic hydroxyl groups excluding tert-OH is 3. The Morgan fingerprint density at radius 3 is 2.77 bits per heavy atom. The molecule has 1 fully saturated rings. The van der Waals surface area contributed by atoms with Crippen LogP contribution in [0.2, 0.25) is 0 Å². The van der Waals surface area contributed by atoms with E-state index in [1.54, 1.807) is 0 Å². The Bertz CT molecular complexity index is 677. The average molecular weight is 310 g/mol. The van der Waals surface area contributed by atoms with E-state index in [1.807, 2.05) is 6.92 Å². The van der Waals surface area contributed by atoms with Crippen molar-refractivity contribution in [2.24, 2.45) is 0 Å². The zero-order chi connectivity index (χ0) is 15.9. The van der Waals surface area contributed by atoms with Crippen molar-refractivity contribution in [2.75, 3.05) is 24.2 Å². The summed E-state index contributed by atoms with van der Waals surface area (Å²) in [5.74, 6) is 0.592. The summed E-state index contributed by atoms with van der Waals surface area (Å²) in [7, 11) is 0. The predicted octanol–water partition coefficient (Wildman–Crippen LogP) is -1.55. The molecule has 0 radical (unpaired) electrons. The first-order valence-electron chi connectivity index (χ1n) is 6.93. The fraction of sp³-hybridized carbons (Fsp3) is 0.583. The zero-order valence-corrected chi connectivity index (χ0v) is 11.9. The average Bonchev–Trinajstić information content (AvgIpc) is 3.00. The van der Waals surface area contributed by atoms with Crippen LogP contribution in [0.3, 0.4) is 0 Å². The van der Waals surface area contributed by atoms with Gasteiger partial charge in [-0.25, -0.2) is 15.0 Å². The molecule has 4 atom stereocenters. The second-order valence-electron chi connectivity index (χ2n) is 5.00. The van der Waals surface area contributed by atoms with Gasteiger partial charge in [-0.1, -0.05) is 0 Å². The third kappa shape index (κ3) is 2.16. The summed E-state index contributed by atoms with van der Waals surface area (Å²) in [4.78, 5) is 12.3. The Morgan fingerprint density at radius 1 is 1.36 bits per heavy atom. The summed E-state index contributed by atoms with van der Waals surface area (Å²) in [5, 5.41) is 32.4. The van der Waals surface area contributed by atoms with Gasteiger partial charge >= 0.3 is 0 Å². The smallest absolute Gasteiger partial charge is 0.207 e. The Hall–Kier alpha value is -2.01. The number of nitrogens with zero attached hydrogens (tertiary/aromatic N) is 4. The molecular weight excluding hydrogens is 292 g/mol. The predicted molar refractivity (Wildman–Crippen MR) is 76.9 cm³/mol. The van der Waals surface area contributed by atoms with Crippen molar-refractivity contribution >= 4 is 22.9 Å². The Kier molecular flexibility index (Phi) is 3.83. The molecule has 0 amide bonds. The molecule has 22 heavy (non-hydrogen) atoms. The molecule has 0 saturated carbocycles. The highest BCUT2D eigenvalue weighted by Crippen LogP contribution is 2.34. The summed E-state index contributed by atoms with van der Waals surface area (Å²) in [6, 6.07) is 0. The number of fused-ring (bicyclic) bond motifs is 1. The van der Waals surface area contributed by atoms with Gasteiger partial charge in [0.2, 0.25) is 5.95 Å². The van der Waals surface area contributed by atoms with Crippen molar-refractivity contribution in [1.82, 2.24) is 19.5 Å².